The number of benzene rings is 1. The van der Waals surface area contributed by atoms with Gasteiger partial charge in [0.25, 0.3) is 0 Å². The van der Waals surface area contributed by atoms with Gasteiger partial charge in [-0.05, 0) is 25.1 Å². The lowest BCUT2D eigenvalue weighted by atomic mass is 10.1. The van der Waals surface area contributed by atoms with E-state index in [0.29, 0.717) is 5.92 Å². The lowest BCUT2D eigenvalue weighted by Crippen LogP contribution is -2.06. The van der Waals surface area contributed by atoms with Crippen molar-refractivity contribution in [2.75, 3.05) is 7.05 Å². The lowest BCUT2D eigenvalue weighted by molar-refractivity contribution is 0.769. The third-order valence-corrected chi connectivity index (χ3v) is 5.04. The van der Waals surface area contributed by atoms with Crippen molar-refractivity contribution in [3.05, 3.63) is 45.9 Å². The molecule has 1 aromatic carbocycles. The number of aromatic nitrogens is 1. The highest BCUT2D eigenvalue weighted by Crippen LogP contribution is 2.29. The van der Waals surface area contributed by atoms with Crippen molar-refractivity contribution in [3.8, 4) is 0 Å². The van der Waals surface area contributed by atoms with Crippen LogP contribution in [0, 0.1) is 0 Å². The molecule has 19 heavy (non-hydrogen) atoms. The van der Waals surface area contributed by atoms with Crippen LogP contribution in [0.1, 0.15) is 35.3 Å². The Morgan fingerprint density at radius 3 is 2.63 bits per heavy atom. The number of rotatable bonds is 6. The highest BCUT2D eigenvalue weighted by atomic mass is 32.2. The molecule has 102 valence electrons. The van der Waals surface area contributed by atoms with Gasteiger partial charge in [0.05, 0.1) is 11.4 Å². The van der Waals surface area contributed by atoms with Gasteiger partial charge >= 0.3 is 0 Å². The van der Waals surface area contributed by atoms with Crippen molar-refractivity contribution >= 4 is 23.1 Å². The molecule has 0 aliphatic heterocycles. The van der Waals surface area contributed by atoms with E-state index in [0.717, 1.165) is 12.3 Å². The number of thioether (sulfide) groups is 1. The first-order valence-electron chi connectivity index (χ1n) is 6.51. The molecule has 2 nitrogen and oxygen atoms in total. The normalized spacial score (nSPS) is 11.2. The van der Waals surface area contributed by atoms with Crippen LogP contribution < -0.4 is 5.32 Å². The Balaban J connectivity index is 2.06. The molecular formula is C15H20N2S2. The van der Waals surface area contributed by atoms with Gasteiger partial charge in [-0.1, -0.05) is 32.0 Å². The minimum atomic E-state index is 0.495. The van der Waals surface area contributed by atoms with E-state index in [2.05, 4.69) is 49.5 Å². The van der Waals surface area contributed by atoms with Crippen LogP contribution in [0.5, 0.6) is 0 Å². The Labute approximate surface area is 123 Å². The molecule has 0 fully saturated rings. The Hall–Kier alpha value is -0.840. The second-order valence-corrected chi connectivity index (χ2v) is 6.92. The summed E-state index contributed by atoms with van der Waals surface area (Å²) in [6.07, 6.45) is 0. The Morgan fingerprint density at radius 2 is 2.00 bits per heavy atom. The molecule has 0 unspecified atom stereocenters. The van der Waals surface area contributed by atoms with Gasteiger partial charge in [-0.15, -0.1) is 23.1 Å². The van der Waals surface area contributed by atoms with Crippen molar-refractivity contribution in [1.29, 1.82) is 0 Å². The molecule has 0 atom stereocenters. The van der Waals surface area contributed by atoms with Gasteiger partial charge in [0, 0.05) is 16.3 Å². The Bertz CT molecular complexity index is 506. The molecule has 0 saturated carbocycles. The van der Waals surface area contributed by atoms with Crippen molar-refractivity contribution in [1.82, 2.24) is 10.3 Å². The van der Waals surface area contributed by atoms with Crippen LogP contribution >= 0.6 is 23.1 Å². The summed E-state index contributed by atoms with van der Waals surface area (Å²) in [6.45, 7) is 5.34. The summed E-state index contributed by atoms with van der Waals surface area (Å²) < 4.78 is 0. The van der Waals surface area contributed by atoms with Gasteiger partial charge < -0.3 is 5.32 Å². The average molecular weight is 292 g/mol. The summed E-state index contributed by atoms with van der Waals surface area (Å²) in [5, 5.41) is 4.45. The smallest absolute Gasteiger partial charge is 0.103 e. The van der Waals surface area contributed by atoms with Crippen LogP contribution in [0.3, 0.4) is 0 Å². The van der Waals surface area contributed by atoms with Gasteiger partial charge in [-0.3, -0.25) is 0 Å². The summed E-state index contributed by atoms with van der Waals surface area (Å²) >= 11 is 3.69. The van der Waals surface area contributed by atoms with E-state index in [1.54, 1.807) is 0 Å². The topological polar surface area (TPSA) is 24.9 Å². The maximum absolute atomic E-state index is 4.80. The molecule has 0 saturated heterocycles. The number of hydrogen-bond donors (Lipinski definition) is 1. The van der Waals surface area contributed by atoms with E-state index in [4.69, 9.17) is 4.98 Å². The second-order valence-electron chi connectivity index (χ2n) is 4.70. The number of thiazole rings is 1. The van der Waals surface area contributed by atoms with E-state index >= 15 is 0 Å². The van der Waals surface area contributed by atoms with E-state index in [9.17, 15) is 0 Å². The van der Waals surface area contributed by atoms with Crippen molar-refractivity contribution < 1.29 is 0 Å². The zero-order valence-electron chi connectivity index (χ0n) is 11.6. The molecule has 0 amide bonds. The third-order valence-electron chi connectivity index (χ3n) is 2.76. The molecule has 2 aromatic rings. The molecule has 2 rings (SSSR count). The van der Waals surface area contributed by atoms with Gasteiger partial charge in [0.1, 0.15) is 5.01 Å². The van der Waals surface area contributed by atoms with Gasteiger partial charge in [0.15, 0.2) is 0 Å². The van der Waals surface area contributed by atoms with Crippen LogP contribution in [0.4, 0.5) is 0 Å². The highest BCUT2D eigenvalue weighted by Gasteiger charge is 2.13. The number of nitrogens with zero attached hydrogens (tertiary/aromatic N) is 1. The quantitative estimate of drug-likeness (QED) is 0.804. The lowest BCUT2D eigenvalue weighted by Gasteiger charge is -2.03. The summed E-state index contributed by atoms with van der Waals surface area (Å²) in [5.41, 5.74) is 1.25. The average Bonchev–Trinajstić information content (AvgIpc) is 2.81. The Morgan fingerprint density at radius 1 is 1.26 bits per heavy atom. The van der Waals surface area contributed by atoms with Crippen LogP contribution in [0.2, 0.25) is 0 Å². The van der Waals surface area contributed by atoms with E-state index in [1.807, 2.05) is 30.1 Å². The number of hydrogen-bond acceptors (Lipinski definition) is 4. The van der Waals surface area contributed by atoms with Crippen LogP contribution in [0.15, 0.2) is 35.2 Å². The molecular weight excluding hydrogens is 272 g/mol. The Kier molecular flexibility index (Phi) is 5.43. The third kappa shape index (κ3) is 4.06. The SMILES string of the molecule is CNCc1sc(CSc2ccccc2)nc1C(C)C. The standard InChI is InChI=1S/C15H20N2S2/c1-11(2)15-13(9-16-3)19-14(17-15)10-18-12-7-5-4-6-8-12/h4-8,11,16H,9-10H2,1-3H3. The monoisotopic (exact) mass is 292 g/mol. The maximum Gasteiger partial charge on any atom is 0.103 e. The van der Waals surface area contributed by atoms with E-state index in [1.165, 1.54) is 20.5 Å². The zero-order valence-corrected chi connectivity index (χ0v) is 13.3. The fraction of sp³-hybridized carbons (Fsp3) is 0.400. The van der Waals surface area contributed by atoms with Gasteiger partial charge in [-0.2, -0.15) is 0 Å². The highest BCUT2D eigenvalue weighted by molar-refractivity contribution is 7.98. The zero-order chi connectivity index (χ0) is 13.7. The summed E-state index contributed by atoms with van der Waals surface area (Å²) in [6, 6.07) is 10.5. The van der Waals surface area contributed by atoms with Crippen LogP contribution in [0.25, 0.3) is 0 Å². The minimum Gasteiger partial charge on any atom is -0.315 e. The van der Waals surface area contributed by atoms with Crippen molar-refractivity contribution in [2.45, 2.75) is 37.0 Å². The minimum absolute atomic E-state index is 0.495. The molecule has 1 N–H and O–H groups in total. The van der Waals surface area contributed by atoms with E-state index < -0.39 is 0 Å². The second kappa shape index (κ2) is 7.08. The summed E-state index contributed by atoms with van der Waals surface area (Å²) in [5.74, 6) is 1.45. The number of nitrogens with one attached hydrogen (secondary N) is 1. The molecule has 4 heteroatoms. The van der Waals surface area contributed by atoms with Crippen LogP contribution in [-0.4, -0.2) is 12.0 Å². The predicted molar refractivity (Wildman–Crippen MR) is 85.0 cm³/mol. The van der Waals surface area contributed by atoms with Crippen molar-refractivity contribution in [2.24, 2.45) is 0 Å². The molecule has 0 radical (unpaired) electrons. The fourth-order valence-electron chi connectivity index (χ4n) is 1.88. The largest absolute Gasteiger partial charge is 0.315 e. The van der Waals surface area contributed by atoms with Gasteiger partial charge in [0.2, 0.25) is 0 Å². The molecule has 0 bridgehead atoms. The van der Waals surface area contributed by atoms with Gasteiger partial charge in [-0.25, -0.2) is 4.98 Å². The molecule has 1 aromatic heterocycles. The molecule has 1 heterocycles. The van der Waals surface area contributed by atoms with E-state index in [-0.39, 0.29) is 0 Å². The predicted octanol–water partition coefficient (Wildman–Crippen LogP) is 4.28. The first-order valence-corrected chi connectivity index (χ1v) is 8.32. The first-order chi connectivity index (χ1) is 9.20. The maximum atomic E-state index is 4.80. The molecule has 0 aliphatic rings. The first kappa shape index (κ1) is 14.6. The molecule has 0 spiro atoms. The summed E-state index contributed by atoms with van der Waals surface area (Å²) in [7, 11) is 1.99. The fourth-order valence-corrected chi connectivity index (χ4v) is 4.02. The molecule has 0 aliphatic carbocycles. The van der Waals surface area contributed by atoms with Crippen LogP contribution in [-0.2, 0) is 12.3 Å². The van der Waals surface area contributed by atoms with Crippen molar-refractivity contribution in [3.63, 3.8) is 0 Å². The summed E-state index contributed by atoms with van der Waals surface area (Å²) in [4.78, 5) is 7.48.